The second kappa shape index (κ2) is 10.5. The van der Waals surface area contributed by atoms with Crippen molar-refractivity contribution in [1.82, 2.24) is 10.9 Å². The summed E-state index contributed by atoms with van der Waals surface area (Å²) in [5.74, 6) is -0.852. The first-order valence-electron chi connectivity index (χ1n) is 9.94. The van der Waals surface area contributed by atoms with E-state index in [0.29, 0.717) is 17.3 Å². The first kappa shape index (κ1) is 22.9. The number of fused-ring (bicyclic) bond motifs is 1. The highest BCUT2D eigenvalue weighted by Crippen LogP contribution is 2.28. The van der Waals surface area contributed by atoms with Crippen molar-refractivity contribution in [3.05, 3.63) is 58.1 Å². The average molecular weight is 464 g/mol. The summed E-state index contributed by atoms with van der Waals surface area (Å²) in [5.41, 5.74) is 6.64. The van der Waals surface area contributed by atoms with Crippen LogP contribution < -0.4 is 20.5 Å². The summed E-state index contributed by atoms with van der Waals surface area (Å²) >= 11 is 11.9. The van der Waals surface area contributed by atoms with Gasteiger partial charge in [-0.3, -0.25) is 25.2 Å². The van der Waals surface area contributed by atoms with Crippen LogP contribution in [0.4, 0.5) is 5.69 Å². The van der Waals surface area contributed by atoms with Gasteiger partial charge < -0.3 is 9.64 Å². The molecule has 2 N–H and O–H groups in total. The lowest BCUT2D eigenvalue weighted by Gasteiger charge is -2.29. The number of halogens is 2. The molecular formula is C22H23Cl2N3O4. The van der Waals surface area contributed by atoms with Crippen molar-refractivity contribution in [3.63, 3.8) is 0 Å². The lowest BCUT2D eigenvalue weighted by Crippen LogP contribution is -2.47. The summed E-state index contributed by atoms with van der Waals surface area (Å²) < 4.78 is 5.49. The van der Waals surface area contributed by atoms with Crippen LogP contribution in [0.15, 0.2) is 42.5 Å². The number of ether oxygens (including phenoxy) is 1. The molecule has 0 fully saturated rings. The number of hydrogen-bond donors (Lipinski definition) is 2. The number of amides is 3. The summed E-state index contributed by atoms with van der Waals surface area (Å²) in [6.45, 7) is 2.15. The summed E-state index contributed by atoms with van der Waals surface area (Å²) in [7, 11) is 0. The van der Waals surface area contributed by atoms with Crippen molar-refractivity contribution in [3.8, 4) is 5.75 Å². The molecule has 0 saturated carbocycles. The third-order valence-electron chi connectivity index (χ3n) is 4.87. The molecule has 2 aromatic rings. The van der Waals surface area contributed by atoms with Gasteiger partial charge in [-0.05, 0) is 49.6 Å². The fourth-order valence-corrected chi connectivity index (χ4v) is 3.71. The number of carbonyl (C=O) groups excluding carboxylic acids is 3. The van der Waals surface area contributed by atoms with Gasteiger partial charge in [0, 0.05) is 30.1 Å². The molecule has 3 rings (SSSR count). The molecule has 1 heterocycles. The maximum absolute atomic E-state index is 12.6. The maximum atomic E-state index is 12.6. The van der Waals surface area contributed by atoms with Crippen LogP contribution in [0.1, 0.15) is 31.7 Å². The molecule has 1 aliphatic heterocycles. The molecular weight excluding hydrogens is 441 g/mol. The van der Waals surface area contributed by atoms with Crippen molar-refractivity contribution < 1.29 is 19.1 Å². The Morgan fingerprint density at radius 2 is 1.87 bits per heavy atom. The van der Waals surface area contributed by atoms with Crippen molar-refractivity contribution in [2.45, 2.75) is 38.7 Å². The Labute approximate surface area is 190 Å². The number of nitrogens with one attached hydrogen (secondary N) is 2. The highest BCUT2D eigenvalue weighted by atomic mass is 35.5. The second-order valence-electron chi connectivity index (χ2n) is 7.15. The van der Waals surface area contributed by atoms with Gasteiger partial charge in [-0.1, -0.05) is 41.4 Å². The predicted molar refractivity (Wildman–Crippen MR) is 119 cm³/mol. The van der Waals surface area contributed by atoms with E-state index in [2.05, 4.69) is 10.9 Å². The minimum atomic E-state index is -0.912. The predicted octanol–water partition coefficient (Wildman–Crippen LogP) is 3.67. The minimum Gasteiger partial charge on any atom is -0.479 e. The molecule has 164 valence electrons. The zero-order chi connectivity index (χ0) is 22.4. The van der Waals surface area contributed by atoms with Gasteiger partial charge in [-0.15, -0.1) is 0 Å². The minimum absolute atomic E-state index is 0.0441. The normalized spacial score (nSPS) is 13.7. The number of aryl methyl sites for hydroxylation is 1. The Hall–Kier alpha value is -2.77. The van der Waals surface area contributed by atoms with Gasteiger partial charge in [-0.2, -0.15) is 0 Å². The Kier molecular flexibility index (Phi) is 7.76. The third-order valence-corrected chi connectivity index (χ3v) is 5.40. The van der Waals surface area contributed by atoms with Crippen molar-refractivity contribution >= 4 is 46.6 Å². The molecule has 0 aliphatic carbocycles. The zero-order valence-corrected chi connectivity index (χ0v) is 18.5. The number of rotatable bonds is 6. The Balaban J connectivity index is 1.44. The molecule has 1 atom stereocenters. The Bertz CT molecular complexity index is 983. The van der Waals surface area contributed by atoms with Gasteiger partial charge in [0.25, 0.3) is 5.91 Å². The Morgan fingerprint density at radius 1 is 1.10 bits per heavy atom. The van der Waals surface area contributed by atoms with Crippen LogP contribution in [0.5, 0.6) is 5.75 Å². The van der Waals surface area contributed by atoms with Gasteiger partial charge in [0.1, 0.15) is 5.75 Å². The number of nitrogens with zero attached hydrogens (tertiary/aromatic N) is 1. The van der Waals surface area contributed by atoms with E-state index in [1.807, 2.05) is 24.3 Å². The van der Waals surface area contributed by atoms with Gasteiger partial charge in [0.15, 0.2) is 6.10 Å². The largest absolute Gasteiger partial charge is 0.479 e. The Morgan fingerprint density at radius 3 is 2.65 bits per heavy atom. The highest BCUT2D eigenvalue weighted by molar-refractivity contribution is 6.35. The smallest absolute Gasteiger partial charge is 0.279 e. The molecule has 0 saturated heterocycles. The maximum Gasteiger partial charge on any atom is 0.279 e. The molecule has 0 bridgehead atoms. The van der Waals surface area contributed by atoms with E-state index < -0.39 is 17.9 Å². The zero-order valence-electron chi connectivity index (χ0n) is 17.0. The lowest BCUT2D eigenvalue weighted by atomic mass is 10.0. The number of anilines is 1. The third kappa shape index (κ3) is 6.12. The monoisotopic (exact) mass is 463 g/mol. The fraction of sp³-hybridized carbons (Fsp3) is 0.318. The van der Waals surface area contributed by atoms with Crippen molar-refractivity contribution in [2.24, 2.45) is 0 Å². The quantitative estimate of drug-likeness (QED) is 0.639. The SMILES string of the molecule is CC(Oc1ccc(Cl)cc1Cl)C(=O)NNC(=O)CCC(=O)N1CCCc2ccccc21. The molecule has 3 amide bonds. The van der Waals surface area contributed by atoms with Crippen LogP contribution >= 0.6 is 23.2 Å². The van der Waals surface area contributed by atoms with E-state index in [1.54, 1.807) is 17.0 Å². The fourth-order valence-electron chi connectivity index (χ4n) is 3.26. The molecule has 7 nitrogen and oxygen atoms in total. The van der Waals surface area contributed by atoms with E-state index in [0.717, 1.165) is 24.1 Å². The number of carbonyl (C=O) groups is 3. The summed E-state index contributed by atoms with van der Waals surface area (Å²) in [4.78, 5) is 38.5. The number of hydrogen-bond acceptors (Lipinski definition) is 4. The molecule has 0 aromatic heterocycles. The second-order valence-corrected chi connectivity index (χ2v) is 7.99. The molecule has 31 heavy (non-hydrogen) atoms. The molecule has 0 radical (unpaired) electrons. The van der Waals surface area contributed by atoms with E-state index in [-0.39, 0.29) is 23.8 Å². The number of para-hydroxylation sites is 1. The van der Waals surface area contributed by atoms with Crippen molar-refractivity contribution in [2.75, 3.05) is 11.4 Å². The summed E-state index contributed by atoms with van der Waals surface area (Å²) in [6, 6.07) is 12.4. The first-order valence-corrected chi connectivity index (χ1v) is 10.7. The molecule has 0 spiro atoms. The van der Waals surface area contributed by atoms with Crippen LogP contribution in [-0.2, 0) is 20.8 Å². The van der Waals surface area contributed by atoms with Crippen LogP contribution in [0.3, 0.4) is 0 Å². The molecule has 9 heteroatoms. The van der Waals surface area contributed by atoms with E-state index in [4.69, 9.17) is 27.9 Å². The van der Waals surface area contributed by atoms with Gasteiger partial charge >= 0.3 is 0 Å². The number of hydrazine groups is 1. The van der Waals surface area contributed by atoms with E-state index in [9.17, 15) is 14.4 Å². The van der Waals surface area contributed by atoms with Crippen molar-refractivity contribution in [1.29, 1.82) is 0 Å². The summed E-state index contributed by atoms with van der Waals surface area (Å²) in [6.07, 6.45) is 0.915. The van der Waals surface area contributed by atoms with Crippen LogP contribution in [0.25, 0.3) is 0 Å². The molecule has 1 unspecified atom stereocenters. The summed E-state index contributed by atoms with van der Waals surface area (Å²) in [5, 5.41) is 0.721. The standard InChI is InChI=1S/C22H23Cl2N3O4/c1-14(31-19-9-8-16(23)13-17(19)24)22(30)26-25-20(28)10-11-21(29)27-12-4-6-15-5-2-3-7-18(15)27/h2-3,5,7-9,13-14H,4,6,10-12H2,1H3,(H,25,28)(H,26,30). The van der Waals surface area contributed by atoms with Crippen LogP contribution in [0, 0.1) is 0 Å². The van der Waals surface area contributed by atoms with Crippen LogP contribution in [0.2, 0.25) is 10.0 Å². The van der Waals surface area contributed by atoms with Crippen LogP contribution in [-0.4, -0.2) is 30.4 Å². The van der Waals surface area contributed by atoms with E-state index in [1.165, 1.54) is 13.0 Å². The topological polar surface area (TPSA) is 87.7 Å². The molecule has 1 aliphatic rings. The highest BCUT2D eigenvalue weighted by Gasteiger charge is 2.23. The van der Waals surface area contributed by atoms with Gasteiger partial charge in [-0.25, -0.2) is 0 Å². The molecule has 2 aromatic carbocycles. The van der Waals surface area contributed by atoms with Gasteiger partial charge in [0.2, 0.25) is 11.8 Å². The van der Waals surface area contributed by atoms with Gasteiger partial charge in [0.05, 0.1) is 5.02 Å². The van der Waals surface area contributed by atoms with E-state index >= 15 is 0 Å². The average Bonchev–Trinajstić information content (AvgIpc) is 2.77. The first-order chi connectivity index (χ1) is 14.8. The lowest BCUT2D eigenvalue weighted by molar-refractivity contribution is -0.133. The number of benzene rings is 2.